The average Bonchev–Trinajstić information content (AvgIpc) is 2.72. The van der Waals surface area contributed by atoms with E-state index < -0.39 is 0 Å². The van der Waals surface area contributed by atoms with Gasteiger partial charge in [0.2, 0.25) is 0 Å². The van der Waals surface area contributed by atoms with E-state index in [0.29, 0.717) is 5.41 Å². The fraction of sp³-hybridized carbons (Fsp3) is 0.727. The Morgan fingerprint density at radius 1 is 1.46 bits per heavy atom. The second-order valence-corrected chi connectivity index (χ2v) is 4.36. The van der Waals surface area contributed by atoms with Crippen LogP contribution in [0.5, 0.6) is 0 Å². The zero-order valence-electron chi connectivity index (χ0n) is 8.56. The van der Waals surface area contributed by atoms with E-state index >= 15 is 0 Å². The molecule has 72 valence electrons. The Kier molecular flexibility index (Phi) is 2.14. The lowest BCUT2D eigenvalue weighted by atomic mass is 9.86. The molecule has 0 radical (unpaired) electrons. The Labute approximate surface area is 79.8 Å². The number of nitrogens with zero attached hydrogens (tertiary/aromatic N) is 1. The van der Waals surface area contributed by atoms with E-state index in [-0.39, 0.29) is 0 Å². The molecule has 1 saturated carbocycles. The summed E-state index contributed by atoms with van der Waals surface area (Å²) >= 11 is 0. The molecule has 0 unspecified atom stereocenters. The highest BCUT2D eigenvalue weighted by Gasteiger charge is 2.31. The van der Waals surface area contributed by atoms with Gasteiger partial charge >= 0.3 is 0 Å². The molecule has 0 amide bonds. The number of rotatable bonds is 2. The number of hydrogen-bond acceptors (Lipinski definition) is 1. The third kappa shape index (κ3) is 1.50. The summed E-state index contributed by atoms with van der Waals surface area (Å²) in [5.41, 5.74) is 1.74. The van der Waals surface area contributed by atoms with Crippen LogP contribution in [-0.2, 0) is 11.8 Å². The lowest BCUT2D eigenvalue weighted by Gasteiger charge is -2.21. The first kappa shape index (κ1) is 8.79. The van der Waals surface area contributed by atoms with Crippen molar-refractivity contribution < 1.29 is 0 Å². The molecular formula is C11H18N2. The number of nitrogens with one attached hydrogen (secondary N) is 1. The second-order valence-electron chi connectivity index (χ2n) is 4.36. The maximum Gasteiger partial charge on any atom is 0.105 e. The van der Waals surface area contributed by atoms with Crippen molar-refractivity contribution in [2.75, 3.05) is 0 Å². The standard InChI is InChI=1S/C11H18N2/c1-3-10-12-8-9(13-10)11(2)6-4-5-7-11/h8H,3-7H2,1-2H3,(H,12,13). The van der Waals surface area contributed by atoms with Gasteiger partial charge in [0, 0.05) is 23.7 Å². The first-order valence-corrected chi connectivity index (χ1v) is 5.29. The molecule has 1 fully saturated rings. The Hall–Kier alpha value is -0.790. The van der Waals surface area contributed by atoms with Gasteiger partial charge in [-0.3, -0.25) is 0 Å². The van der Waals surface area contributed by atoms with Crippen LogP contribution in [0.2, 0.25) is 0 Å². The molecule has 0 spiro atoms. The molecule has 1 aliphatic carbocycles. The SMILES string of the molecule is CCc1ncc(C2(C)CCCC2)[nH]1. The lowest BCUT2D eigenvalue weighted by molar-refractivity contribution is 0.477. The largest absolute Gasteiger partial charge is 0.345 e. The molecule has 2 nitrogen and oxygen atoms in total. The van der Waals surface area contributed by atoms with Crippen molar-refractivity contribution in [1.29, 1.82) is 0 Å². The summed E-state index contributed by atoms with van der Waals surface area (Å²) in [6.07, 6.45) is 8.42. The molecule has 0 aromatic carbocycles. The van der Waals surface area contributed by atoms with E-state index in [9.17, 15) is 0 Å². The van der Waals surface area contributed by atoms with Crippen molar-refractivity contribution in [3.63, 3.8) is 0 Å². The average molecular weight is 178 g/mol. The number of hydrogen-bond donors (Lipinski definition) is 1. The van der Waals surface area contributed by atoms with Crippen LogP contribution in [0.25, 0.3) is 0 Å². The van der Waals surface area contributed by atoms with Gasteiger partial charge in [0.05, 0.1) is 0 Å². The van der Waals surface area contributed by atoms with Crippen LogP contribution in [0, 0.1) is 0 Å². The van der Waals surface area contributed by atoms with E-state index in [1.165, 1.54) is 31.4 Å². The van der Waals surface area contributed by atoms with E-state index in [2.05, 4.69) is 23.8 Å². The van der Waals surface area contributed by atoms with Gasteiger partial charge in [0.1, 0.15) is 5.82 Å². The van der Waals surface area contributed by atoms with Crippen molar-refractivity contribution >= 4 is 0 Å². The van der Waals surface area contributed by atoms with Gasteiger partial charge in [0.25, 0.3) is 0 Å². The summed E-state index contributed by atoms with van der Waals surface area (Å²) < 4.78 is 0. The monoisotopic (exact) mass is 178 g/mol. The summed E-state index contributed by atoms with van der Waals surface area (Å²) in [5.74, 6) is 1.13. The number of H-pyrrole nitrogens is 1. The Morgan fingerprint density at radius 2 is 2.15 bits per heavy atom. The van der Waals surface area contributed by atoms with E-state index in [1.807, 2.05) is 6.20 Å². The van der Waals surface area contributed by atoms with Crippen molar-refractivity contribution in [3.8, 4) is 0 Å². The molecule has 2 rings (SSSR count). The van der Waals surface area contributed by atoms with E-state index in [4.69, 9.17) is 0 Å². The molecule has 0 bridgehead atoms. The first-order valence-electron chi connectivity index (χ1n) is 5.29. The predicted molar refractivity (Wildman–Crippen MR) is 53.8 cm³/mol. The maximum absolute atomic E-state index is 4.37. The van der Waals surface area contributed by atoms with Crippen LogP contribution >= 0.6 is 0 Å². The fourth-order valence-corrected chi connectivity index (χ4v) is 2.27. The first-order chi connectivity index (χ1) is 6.24. The van der Waals surface area contributed by atoms with Gasteiger partial charge in [-0.25, -0.2) is 4.98 Å². The molecule has 1 aromatic heterocycles. The normalized spacial score (nSPS) is 20.8. The highest BCUT2D eigenvalue weighted by atomic mass is 14.9. The molecular weight excluding hydrogens is 160 g/mol. The summed E-state index contributed by atoms with van der Waals surface area (Å²) in [5, 5.41) is 0. The molecule has 0 aliphatic heterocycles. The number of aryl methyl sites for hydroxylation is 1. The third-order valence-electron chi connectivity index (χ3n) is 3.32. The van der Waals surface area contributed by atoms with Crippen LogP contribution in [0.3, 0.4) is 0 Å². The van der Waals surface area contributed by atoms with E-state index in [0.717, 1.165) is 12.2 Å². The zero-order chi connectivity index (χ0) is 9.31. The molecule has 2 heteroatoms. The topological polar surface area (TPSA) is 28.7 Å². The second kappa shape index (κ2) is 3.17. The minimum Gasteiger partial charge on any atom is -0.345 e. The highest BCUT2D eigenvalue weighted by Crippen LogP contribution is 2.39. The number of imidazole rings is 1. The molecule has 1 heterocycles. The molecule has 0 saturated heterocycles. The van der Waals surface area contributed by atoms with Crippen molar-refractivity contribution in [1.82, 2.24) is 9.97 Å². The Bertz CT molecular complexity index is 282. The summed E-state index contributed by atoms with van der Waals surface area (Å²) in [4.78, 5) is 7.80. The van der Waals surface area contributed by atoms with Crippen LogP contribution in [0.1, 0.15) is 51.0 Å². The van der Waals surface area contributed by atoms with Crippen LogP contribution in [-0.4, -0.2) is 9.97 Å². The lowest BCUT2D eigenvalue weighted by Crippen LogP contribution is -2.17. The van der Waals surface area contributed by atoms with Gasteiger partial charge in [-0.1, -0.05) is 26.7 Å². The number of aromatic nitrogens is 2. The quantitative estimate of drug-likeness (QED) is 0.741. The van der Waals surface area contributed by atoms with E-state index in [1.54, 1.807) is 0 Å². The number of aromatic amines is 1. The van der Waals surface area contributed by atoms with Gasteiger partial charge in [-0.2, -0.15) is 0 Å². The van der Waals surface area contributed by atoms with Crippen molar-refractivity contribution in [2.24, 2.45) is 0 Å². The van der Waals surface area contributed by atoms with Crippen LogP contribution < -0.4 is 0 Å². The predicted octanol–water partition coefficient (Wildman–Crippen LogP) is 2.80. The molecule has 1 aliphatic rings. The highest BCUT2D eigenvalue weighted by molar-refractivity contribution is 5.15. The zero-order valence-corrected chi connectivity index (χ0v) is 8.56. The summed E-state index contributed by atoms with van der Waals surface area (Å²) in [6, 6.07) is 0. The van der Waals surface area contributed by atoms with Gasteiger partial charge < -0.3 is 4.98 Å². The van der Waals surface area contributed by atoms with Crippen molar-refractivity contribution in [3.05, 3.63) is 17.7 Å². The Balaban J connectivity index is 2.23. The molecule has 1 aromatic rings. The van der Waals surface area contributed by atoms with Crippen LogP contribution in [0.15, 0.2) is 6.20 Å². The summed E-state index contributed by atoms with van der Waals surface area (Å²) in [6.45, 7) is 4.49. The fourth-order valence-electron chi connectivity index (χ4n) is 2.27. The Morgan fingerprint density at radius 3 is 2.69 bits per heavy atom. The third-order valence-corrected chi connectivity index (χ3v) is 3.32. The van der Waals surface area contributed by atoms with Gasteiger partial charge in [-0.05, 0) is 12.8 Å². The molecule has 1 N–H and O–H groups in total. The smallest absolute Gasteiger partial charge is 0.105 e. The maximum atomic E-state index is 4.37. The van der Waals surface area contributed by atoms with Crippen LogP contribution in [0.4, 0.5) is 0 Å². The van der Waals surface area contributed by atoms with Crippen molar-refractivity contribution in [2.45, 2.75) is 51.4 Å². The van der Waals surface area contributed by atoms with Gasteiger partial charge in [0.15, 0.2) is 0 Å². The minimum absolute atomic E-state index is 0.389. The minimum atomic E-state index is 0.389. The molecule has 0 atom stereocenters. The molecule has 13 heavy (non-hydrogen) atoms. The van der Waals surface area contributed by atoms with Gasteiger partial charge in [-0.15, -0.1) is 0 Å². The summed E-state index contributed by atoms with van der Waals surface area (Å²) in [7, 11) is 0.